The highest BCUT2D eigenvalue weighted by molar-refractivity contribution is 7.15. The van der Waals surface area contributed by atoms with Crippen molar-refractivity contribution in [3.05, 3.63) is 62.9 Å². The van der Waals surface area contributed by atoms with Crippen molar-refractivity contribution in [1.29, 1.82) is 0 Å². The fourth-order valence-electron chi connectivity index (χ4n) is 3.45. The van der Waals surface area contributed by atoms with Crippen LogP contribution < -0.4 is 24.3 Å². The zero-order chi connectivity index (χ0) is 23.2. The molecular weight excluding hydrogens is 438 g/mol. The molecule has 0 aliphatic heterocycles. The van der Waals surface area contributed by atoms with E-state index in [-0.39, 0.29) is 5.56 Å². The van der Waals surface area contributed by atoms with Crippen LogP contribution in [0.5, 0.6) is 17.2 Å². The van der Waals surface area contributed by atoms with E-state index in [1.807, 2.05) is 48.5 Å². The van der Waals surface area contributed by atoms with Crippen LogP contribution in [0.25, 0.3) is 22.4 Å². The normalized spacial score (nSPS) is 11.8. The van der Waals surface area contributed by atoms with Gasteiger partial charge in [0, 0.05) is 5.56 Å². The number of rotatable bonds is 10. The lowest BCUT2D eigenvalue weighted by Gasteiger charge is -2.11. The predicted octanol–water partition coefficient (Wildman–Crippen LogP) is 4.34. The molecule has 0 aliphatic rings. The van der Waals surface area contributed by atoms with E-state index >= 15 is 0 Å². The number of nitrogens with zero attached hydrogens (tertiary/aromatic N) is 3. The van der Waals surface area contributed by atoms with Crippen LogP contribution >= 0.6 is 11.3 Å². The van der Waals surface area contributed by atoms with Crippen LogP contribution in [0, 0.1) is 0 Å². The van der Waals surface area contributed by atoms with Gasteiger partial charge in [-0.1, -0.05) is 43.6 Å². The summed E-state index contributed by atoms with van der Waals surface area (Å²) >= 11 is 1.31. The van der Waals surface area contributed by atoms with Gasteiger partial charge in [0.05, 0.1) is 25.4 Å². The molecule has 0 radical (unpaired) electrons. The number of hydrogen-bond donors (Lipinski definition) is 0. The summed E-state index contributed by atoms with van der Waals surface area (Å²) in [5.74, 6) is 2.62. The van der Waals surface area contributed by atoms with Crippen LogP contribution in [0.4, 0.5) is 0 Å². The van der Waals surface area contributed by atoms with E-state index in [2.05, 4.69) is 17.0 Å². The average Bonchev–Trinajstić information content (AvgIpc) is 3.39. The Bertz CT molecular complexity index is 1330. The van der Waals surface area contributed by atoms with E-state index in [4.69, 9.17) is 14.2 Å². The van der Waals surface area contributed by atoms with Crippen molar-refractivity contribution >= 4 is 22.4 Å². The number of thiazole rings is 1. The summed E-state index contributed by atoms with van der Waals surface area (Å²) in [5, 5.41) is 4.40. The van der Waals surface area contributed by atoms with Gasteiger partial charge in [0.1, 0.15) is 5.75 Å². The smallest absolute Gasteiger partial charge is 0.291 e. The minimum atomic E-state index is -0.197. The fraction of sp³-hybridized carbons (Fsp3) is 0.320. The molecule has 0 amide bonds. The molecule has 4 aromatic rings. The van der Waals surface area contributed by atoms with Crippen molar-refractivity contribution in [3.8, 4) is 28.6 Å². The molecule has 33 heavy (non-hydrogen) atoms. The lowest BCUT2D eigenvalue weighted by molar-refractivity contribution is 0.285. The average molecular weight is 466 g/mol. The minimum Gasteiger partial charge on any atom is -0.497 e. The predicted molar refractivity (Wildman–Crippen MR) is 131 cm³/mol. The first-order valence-electron chi connectivity index (χ1n) is 11.0. The second-order valence-corrected chi connectivity index (χ2v) is 8.60. The lowest BCUT2D eigenvalue weighted by atomic mass is 10.2. The standard InChI is InChI=1S/C25H27N3O4S/c1-4-5-6-7-14-32-20-13-8-17(15-21(20)31-3)16-22-24(29)28-25(33-22)26-23(27-28)18-9-11-19(30-2)12-10-18/h8-13,15-16H,4-7,14H2,1-3H3. The van der Waals surface area contributed by atoms with E-state index in [0.29, 0.717) is 33.4 Å². The molecule has 2 aromatic heterocycles. The van der Waals surface area contributed by atoms with Crippen molar-refractivity contribution in [3.63, 3.8) is 0 Å². The summed E-state index contributed by atoms with van der Waals surface area (Å²) in [5.41, 5.74) is 1.48. The monoisotopic (exact) mass is 465 g/mol. The Morgan fingerprint density at radius 3 is 2.52 bits per heavy atom. The summed E-state index contributed by atoms with van der Waals surface area (Å²) in [6.45, 7) is 2.85. The van der Waals surface area contributed by atoms with Crippen molar-refractivity contribution in [2.75, 3.05) is 20.8 Å². The molecule has 0 spiro atoms. The maximum absolute atomic E-state index is 12.9. The van der Waals surface area contributed by atoms with Crippen molar-refractivity contribution < 1.29 is 14.2 Å². The molecule has 0 saturated carbocycles. The molecule has 2 aromatic carbocycles. The summed E-state index contributed by atoms with van der Waals surface area (Å²) < 4.78 is 18.5. The number of fused-ring (bicyclic) bond motifs is 1. The third-order valence-corrected chi connectivity index (χ3v) is 6.23. The van der Waals surface area contributed by atoms with Gasteiger partial charge in [-0.3, -0.25) is 4.79 Å². The number of methoxy groups -OCH3 is 2. The van der Waals surface area contributed by atoms with Crippen molar-refractivity contribution in [2.24, 2.45) is 0 Å². The van der Waals surface area contributed by atoms with Crippen LogP contribution in [0.1, 0.15) is 38.2 Å². The maximum Gasteiger partial charge on any atom is 0.291 e. The molecule has 4 rings (SSSR count). The molecule has 0 fully saturated rings. The van der Waals surface area contributed by atoms with Crippen LogP contribution in [0.3, 0.4) is 0 Å². The van der Waals surface area contributed by atoms with Gasteiger partial charge in [0.15, 0.2) is 17.3 Å². The van der Waals surface area contributed by atoms with Crippen LogP contribution in [0.15, 0.2) is 47.3 Å². The largest absolute Gasteiger partial charge is 0.497 e. The van der Waals surface area contributed by atoms with Gasteiger partial charge >= 0.3 is 0 Å². The lowest BCUT2D eigenvalue weighted by Crippen LogP contribution is -2.23. The Morgan fingerprint density at radius 2 is 1.82 bits per heavy atom. The molecule has 2 heterocycles. The summed E-state index contributed by atoms with van der Waals surface area (Å²) in [7, 11) is 3.23. The molecule has 0 N–H and O–H groups in total. The number of benzene rings is 2. The van der Waals surface area contributed by atoms with Gasteiger partial charge in [-0.15, -0.1) is 5.10 Å². The van der Waals surface area contributed by atoms with Gasteiger partial charge in [-0.25, -0.2) is 0 Å². The van der Waals surface area contributed by atoms with E-state index in [1.165, 1.54) is 28.7 Å². The molecular formula is C25H27N3O4S. The highest BCUT2D eigenvalue weighted by Crippen LogP contribution is 2.28. The zero-order valence-electron chi connectivity index (χ0n) is 19.0. The first-order chi connectivity index (χ1) is 16.1. The van der Waals surface area contributed by atoms with Gasteiger partial charge in [0.25, 0.3) is 5.56 Å². The van der Waals surface area contributed by atoms with E-state index in [9.17, 15) is 4.79 Å². The van der Waals surface area contributed by atoms with E-state index < -0.39 is 0 Å². The zero-order valence-corrected chi connectivity index (χ0v) is 19.9. The van der Waals surface area contributed by atoms with Crippen LogP contribution in [-0.4, -0.2) is 35.4 Å². The molecule has 7 nitrogen and oxygen atoms in total. The third-order valence-electron chi connectivity index (χ3n) is 5.27. The quantitative estimate of drug-likeness (QED) is 0.324. The number of unbranched alkanes of at least 4 members (excludes halogenated alkanes) is 3. The Kier molecular flexibility index (Phi) is 7.24. The van der Waals surface area contributed by atoms with E-state index in [0.717, 1.165) is 29.7 Å². The summed E-state index contributed by atoms with van der Waals surface area (Å²) in [6.07, 6.45) is 6.41. The van der Waals surface area contributed by atoms with E-state index in [1.54, 1.807) is 14.2 Å². The van der Waals surface area contributed by atoms with Gasteiger partial charge in [-0.2, -0.15) is 9.50 Å². The van der Waals surface area contributed by atoms with Gasteiger partial charge in [-0.05, 0) is 54.5 Å². The number of hydrogen-bond acceptors (Lipinski definition) is 7. The topological polar surface area (TPSA) is 75.0 Å². The SMILES string of the molecule is CCCCCCOc1ccc(C=c2sc3nc(-c4ccc(OC)cc4)nn3c2=O)cc1OC. The fourth-order valence-corrected chi connectivity index (χ4v) is 4.36. The Morgan fingerprint density at radius 1 is 1.00 bits per heavy atom. The van der Waals surface area contributed by atoms with Crippen LogP contribution in [0.2, 0.25) is 0 Å². The minimum absolute atomic E-state index is 0.197. The van der Waals surface area contributed by atoms with Gasteiger partial charge < -0.3 is 14.2 Å². The Balaban J connectivity index is 1.56. The molecule has 0 bridgehead atoms. The number of aromatic nitrogens is 3. The molecule has 0 saturated heterocycles. The first-order valence-corrected chi connectivity index (χ1v) is 11.8. The Hall–Kier alpha value is -3.39. The highest BCUT2D eigenvalue weighted by Gasteiger charge is 2.12. The van der Waals surface area contributed by atoms with Gasteiger partial charge in [0.2, 0.25) is 4.96 Å². The maximum atomic E-state index is 12.9. The van der Waals surface area contributed by atoms with Crippen molar-refractivity contribution in [2.45, 2.75) is 32.6 Å². The molecule has 8 heteroatoms. The first kappa shape index (κ1) is 22.8. The molecule has 0 aliphatic carbocycles. The van der Waals surface area contributed by atoms with Crippen molar-refractivity contribution in [1.82, 2.24) is 14.6 Å². The van der Waals surface area contributed by atoms with Crippen LogP contribution in [-0.2, 0) is 0 Å². The molecule has 0 unspecified atom stereocenters. The summed E-state index contributed by atoms with van der Waals surface area (Å²) in [6, 6.07) is 13.1. The molecule has 0 atom stereocenters. The molecule has 172 valence electrons. The number of ether oxygens (including phenoxy) is 3. The third kappa shape index (κ3) is 5.17. The highest BCUT2D eigenvalue weighted by atomic mass is 32.1. The second-order valence-electron chi connectivity index (χ2n) is 7.59. The summed E-state index contributed by atoms with van der Waals surface area (Å²) in [4.78, 5) is 18.0. The Labute approximate surface area is 196 Å². The second kappa shape index (κ2) is 10.5.